The van der Waals surface area contributed by atoms with Gasteiger partial charge >= 0.3 is 6.18 Å². The van der Waals surface area contributed by atoms with Crippen molar-refractivity contribution in [2.75, 3.05) is 0 Å². The van der Waals surface area contributed by atoms with Crippen LogP contribution in [0.4, 0.5) is 13.2 Å². The number of alkyl halides is 3. The fourth-order valence-electron chi connectivity index (χ4n) is 1.92. The lowest BCUT2D eigenvalue weighted by atomic mass is 10.2. The van der Waals surface area contributed by atoms with E-state index in [1.807, 2.05) is 5.43 Å². The lowest BCUT2D eigenvalue weighted by Gasteiger charge is -2.14. The summed E-state index contributed by atoms with van der Waals surface area (Å²) in [5.74, 6) is -0.823. The summed E-state index contributed by atoms with van der Waals surface area (Å²) in [5.41, 5.74) is 0.664. The molecule has 24 heavy (non-hydrogen) atoms. The minimum Gasteiger partial charge on any atom is -0.345 e. The first kappa shape index (κ1) is 18.5. The molecular formula is C13H11BrF3N3O3S. The second-order valence-corrected chi connectivity index (χ2v) is 7.27. The Kier molecular flexibility index (Phi) is 5.06. The van der Waals surface area contributed by atoms with Crippen molar-refractivity contribution in [2.24, 2.45) is 7.05 Å². The molecule has 1 aromatic carbocycles. The van der Waals surface area contributed by atoms with E-state index < -0.39 is 32.6 Å². The minimum atomic E-state index is -4.85. The smallest absolute Gasteiger partial charge is 0.345 e. The van der Waals surface area contributed by atoms with Crippen molar-refractivity contribution < 1.29 is 26.4 Å². The SMILES string of the molecule is Cn1cc(Br)cc1C(=O)NNS(=O)(=O)c1ccccc1C(F)(F)F. The normalized spacial score (nSPS) is 12.2. The molecule has 0 bridgehead atoms. The summed E-state index contributed by atoms with van der Waals surface area (Å²) in [6.07, 6.45) is -3.29. The fraction of sp³-hybridized carbons (Fsp3) is 0.154. The average molecular weight is 426 g/mol. The molecule has 0 unspecified atom stereocenters. The van der Waals surface area contributed by atoms with Gasteiger partial charge in [-0.1, -0.05) is 12.1 Å². The molecule has 2 rings (SSSR count). The van der Waals surface area contributed by atoms with Crippen molar-refractivity contribution in [1.82, 2.24) is 14.8 Å². The number of hydrazine groups is 1. The van der Waals surface area contributed by atoms with Gasteiger partial charge in [0.1, 0.15) is 5.69 Å². The molecule has 2 aromatic rings. The lowest BCUT2D eigenvalue weighted by Crippen LogP contribution is -2.42. The van der Waals surface area contributed by atoms with E-state index in [9.17, 15) is 26.4 Å². The van der Waals surface area contributed by atoms with Crippen molar-refractivity contribution in [2.45, 2.75) is 11.1 Å². The number of aromatic nitrogens is 1. The monoisotopic (exact) mass is 425 g/mol. The maximum atomic E-state index is 12.9. The molecule has 0 saturated heterocycles. The number of nitrogens with one attached hydrogen (secondary N) is 2. The molecule has 1 heterocycles. The summed E-state index contributed by atoms with van der Waals surface area (Å²) >= 11 is 3.15. The Hall–Kier alpha value is -1.85. The van der Waals surface area contributed by atoms with Crippen LogP contribution in [0.15, 0.2) is 45.9 Å². The first-order valence-corrected chi connectivity index (χ1v) is 8.60. The largest absolute Gasteiger partial charge is 0.417 e. The highest BCUT2D eigenvalue weighted by molar-refractivity contribution is 9.10. The molecule has 0 aliphatic heterocycles. The summed E-state index contributed by atoms with van der Waals surface area (Å²) in [5, 5.41) is 0. The molecule has 130 valence electrons. The number of benzene rings is 1. The zero-order valence-electron chi connectivity index (χ0n) is 12.1. The predicted molar refractivity (Wildman–Crippen MR) is 82.3 cm³/mol. The summed E-state index contributed by atoms with van der Waals surface area (Å²) in [4.78, 5) is 12.6. The number of halogens is 4. The molecule has 0 radical (unpaired) electrons. The van der Waals surface area contributed by atoms with Gasteiger partial charge < -0.3 is 4.57 Å². The third-order valence-electron chi connectivity index (χ3n) is 2.99. The fourth-order valence-corrected chi connectivity index (χ4v) is 3.51. The third-order valence-corrected chi connectivity index (χ3v) is 4.72. The average Bonchev–Trinajstić information content (AvgIpc) is 2.83. The van der Waals surface area contributed by atoms with Crippen LogP contribution < -0.4 is 10.3 Å². The van der Waals surface area contributed by atoms with E-state index >= 15 is 0 Å². The van der Waals surface area contributed by atoms with Gasteiger partial charge in [0, 0.05) is 17.7 Å². The first-order chi connectivity index (χ1) is 11.0. The number of carbonyl (C=O) groups excluding carboxylic acids is 1. The highest BCUT2D eigenvalue weighted by Gasteiger charge is 2.37. The van der Waals surface area contributed by atoms with Crippen LogP contribution in [0.2, 0.25) is 0 Å². The standard InChI is InChI=1S/C13H11BrF3N3O3S/c1-20-7-8(14)6-10(20)12(21)18-19-24(22,23)11-5-3-2-4-9(11)13(15,16)17/h2-7,19H,1H3,(H,18,21). The Morgan fingerprint density at radius 3 is 2.42 bits per heavy atom. The lowest BCUT2D eigenvalue weighted by molar-refractivity contribution is -0.139. The number of hydrogen-bond acceptors (Lipinski definition) is 3. The number of hydrogen-bond donors (Lipinski definition) is 2. The number of amides is 1. The van der Waals surface area contributed by atoms with Crippen LogP contribution in [0, 0.1) is 0 Å². The molecule has 0 atom stereocenters. The molecule has 11 heteroatoms. The van der Waals surface area contributed by atoms with Crippen molar-refractivity contribution in [3.8, 4) is 0 Å². The zero-order chi connectivity index (χ0) is 18.1. The quantitative estimate of drug-likeness (QED) is 0.738. The van der Waals surface area contributed by atoms with Gasteiger partial charge in [-0.15, -0.1) is 4.83 Å². The van der Waals surface area contributed by atoms with Gasteiger partial charge in [-0.3, -0.25) is 10.2 Å². The van der Waals surface area contributed by atoms with E-state index in [0.717, 1.165) is 18.2 Å². The van der Waals surface area contributed by atoms with E-state index in [1.165, 1.54) is 10.6 Å². The Morgan fingerprint density at radius 2 is 1.88 bits per heavy atom. The Balaban J connectivity index is 2.24. The van der Waals surface area contributed by atoms with Crippen LogP contribution in [0.1, 0.15) is 16.1 Å². The third kappa shape index (κ3) is 3.97. The van der Waals surface area contributed by atoms with Gasteiger partial charge in [0.2, 0.25) is 0 Å². The molecule has 1 aromatic heterocycles. The van der Waals surface area contributed by atoms with E-state index in [4.69, 9.17) is 0 Å². The van der Waals surface area contributed by atoms with Crippen LogP contribution >= 0.6 is 15.9 Å². The second-order valence-electron chi connectivity index (χ2n) is 4.71. The highest BCUT2D eigenvalue weighted by atomic mass is 79.9. The first-order valence-electron chi connectivity index (χ1n) is 6.32. The Morgan fingerprint density at radius 1 is 1.25 bits per heavy atom. The van der Waals surface area contributed by atoms with Crippen molar-refractivity contribution in [3.63, 3.8) is 0 Å². The Labute approximate surface area is 143 Å². The zero-order valence-corrected chi connectivity index (χ0v) is 14.5. The van der Waals surface area contributed by atoms with Gasteiger partial charge in [-0.2, -0.15) is 13.2 Å². The van der Waals surface area contributed by atoms with Crippen molar-refractivity contribution >= 4 is 31.9 Å². The van der Waals surface area contributed by atoms with E-state index in [-0.39, 0.29) is 5.69 Å². The van der Waals surface area contributed by atoms with Crippen LogP contribution in [-0.2, 0) is 23.2 Å². The molecule has 0 fully saturated rings. The second kappa shape index (κ2) is 6.57. The number of carbonyl (C=O) groups is 1. The van der Waals surface area contributed by atoms with E-state index in [1.54, 1.807) is 18.1 Å². The molecule has 0 aliphatic carbocycles. The van der Waals surface area contributed by atoms with E-state index in [2.05, 4.69) is 15.9 Å². The van der Waals surface area contributed by atoms with Crippen molar-refractivity contribution in [3.05, 3.63) is 52.3 Å². The Bertz CT molecular complexity index is 878. The van der Waals surface area contributed by atoms with Crippen LogP contribution in [0.3, 0.4) is 0 Å². The number of nitrogens with zero attached hydrogens (tertiary/aromatic N) is 1. The van der Waals surface area contributed by atoms with Gasteiger partial charge in [-0.05, 0) is 34.1 Å². The molecular weight excluding hydrogens is 415 g/mol. The summed E-state index contributed by atoms with van der Waals surface area (Å²) in [6.45, 7) is 0. The van der Waals surface area contributed by atoms with Crippen LogP contribution in [0.25, 0.3) is 0 Å². The van der Waals surface area contributed by atoms with Gasteiger partial charge in [0.05, 0.1) is 10.5 Å². The topological polar surface area (TPSA) is 80.2 Å². The molecule has 1 amide bonds. The summed E-state index contributed by atoms with van der Waals surface area (Å²) in [7, 11) is -3.06. The summed E-state index contributed by atoms with van der Waals surface area (Å²) in [6, 6.07) is 5.09. The van der Waals surface area contributed by atoms with Gasteiger partial charge in [0.15, 0.2) is 0 Å². The number of sulfonamides is 1. The molecule has 6 nitrogen and oxygen atoms in total. The predicted octanol–water partition coefficient (Wildman–Crippen LogP) is 2.43. The van der Waals surface area contributed by atoms with Gasteiger partial charge in [0.25, 0.3) is 15.9 Å². The molecule has 2 N–H and O–H groups in total. The number of aryl methyl sites for hydroxylation is 1. The molecule has 0 aliphatic rings. The molecule has 0 spiro atoms. The molecule has 0 saturated carbocycles. The van der Waals surface area contributed by atoms with Gasteiger partial charge in [-0.25, -0.2) is 8.42 Å². The number of rotatable bonds is 4. The van der Waals surface area contributed by atoms with Crippen molar-refractivity contribution in [1.29, 1.82) is 0 Å². The minimum absolute atomic E-state index is 0.105. The van der Waals surface area contributed by atoms with Crippen LogP contribution in [-0.4, -0.2) is 18.9 Å². The highest BCUT2D eigenvalue weighted by Crippen LogP contribution is 2.33. The van der Waals surface area contributed by atoms with Crippen LogP contribution in [0.5, 0.6) is 0 Å². The summed E-state index contributed by atoms with van der Waals surface area (Å²) < 4.78 is 64.9. The van der Waals surface area contributed by atoms with E-state index in [0.29, 0.717) is 10.5 Å². The maximum absolute atomic E-state index is 12.9. The maximum Gasteiger partial charge on any atom is 0.417 e.